The maximum Gasteiger partial charge on any atom is 0.303 e. The second-order valence-corrected chi connectivity index (χ2v) is 9.12. The van der Waals surface area contributed by atoms with E-state index in [-0.39, 0.29) is 11.3 Å². The number of imide groups is 1. The second-order valence-electron chi connectivity index (χ2n) is 7.35. The van der Waals surface area contributed by atoms with Crippen LogP contribution in [0.15, 0.2) is 26.2 Å². The lowest BCUT2D eigenvalue weighted by molar-refractivity contribution is -0.183. The molecule has 1 aromatic rings. The highest BCUT2D eigenvalue weighted by molar-refractivity contribution is 9.11. The zero-order valence-corrected chi connectivity index (χ0v) is 23.7. The number of carbonyl (C=O) groups excluding carboxylic acids is 6. The van der Waals surface area contributed by atoms with Crippen LogP contribution in [0.4, 0.5) is 5.69 Å². The van der Waals surface area contributed by atoms with Crippen LogP contribution in [0.25, 0.3) is 0 Å². The quantitative estimate of drug-likeness (QED) is 0.129. The number of nitrogens with zero attached hydrogens (tertiary/aromatic N) is 2. The van der Waals surface area contributed by atoms with Crippen molar-refractivity contribution in [1.29, 1.82) is 0 Å². The van der Waals surface area contributed by atoms with Gasteiger partial charge in [0.1, 0.15) is 6.61 Å². The predicted molar refractivity (Wildman–Crippen MR) is 135 cm³/mol. The Balaban J connectivity index is 3.53. The summed E-state index contributed by atoms with van der Waals surface area (Å²) in [7, 11) is 0. The first-order chi connectivity index (χ1) is 17.1. The van der Waals surface area contributed by atoms with Crippen molar-refractivity contribution in [3.63, 3.8) is 0 Å². The summed E-state index contributed by atoms with van der Waals surface area (Å²) in [5.74, 6) is -5.07. The Morgan fingerprint density at radius 3 is 1.97 bits per heavy atom. The SMILES string of the molecule is CC(=O)OC[C@@H](OC(C)=O)[C@H](OC(C)=O)[C@H](/C=N/N(C(C)=O)C(=O)c1cc(Br)cc(Br)c1N)OC(C)=O. The molecule has 2 N–H and O–H groups in total. The number of benzene rings is 1. The fraction of sp³-hybridized carbons (Fsp3) is 0.409. The number of hydrogen-bond donors (Lipinski definition) is 1. The summed E-state index contributed by atoms with van der Waals surface area (Å²) in [6, 6.07) is 2.96. The van der Waals surface area contributed by atoms with Crippen LogP contribution in [-0.4, -0.2) is 71.8 Å². The number of rotatable bonds is 10. The summed E-state index contributed by atoms with van der Waals surface area (Å²) in [5, 5.41) is 4.29. The molecule has 0 unspecified atom stereocenters. The Bertz CT molecular complexity index is 1110. The zero-order chi connectivity index (χ0) is 28.4. The Labute approximate surface area is 228 Å². The number of nitrogens with two attached hydrogens (primary N) is 1. The van der Waals surface area contributed by atoms with Crippen LogP contribution in [0.1, 0.15) is 45.0 Å². The van der Waals surface area contributed by atoms with Gasteiger partial charge in [-0.3, -0.25) is 28.8 Å². The van der Waals surface area contributed by atoms with Crippen molar-refractivity contribution in [3.05, 3.63) is 26.6 Å². The molecular weight excluding hydrogens is 626 g/mol. The first-order valence-corrected chi connectivity index (χ1v) is 12.0. The minimum Gasteiger partial charge on any atom is -0.462 e. The highest BCUT2D eigenvalue weighted by Crippen LogP contribution is 2.29. The van der Waals surface area contributed by atoms with Gasteiger partial charge in [0.25, 0.3) is 5.91 Å². The molecule has 0 aliphatic rings. The molecule has 13 nitrogen and oxygen atoms in total. The molecule has 0 saturated carbocycles. The molecule has 202 valence electrons. The van der Waals surface area contributed by atoms with Gasteiger partial charge in [0, 0.05) is 43.6 Å². The molecule has 0 spiro atoms. The summed E-state index contributed by atoms with van der Waals surface area (Å²) in [6.07, 6.45) is -3.79. The first-order valence-electron chi connectivity index (χ1n) is 10.4. The number of hydrogen-bond acceptors (Lipinski definition) is 12. The van der Waals surface area contributed by atoms with Crippen LogP contribution in [-0.2, 0) is 42.9 Å². The summed E-state index contributed by atoms with van der Waals surface area (Å²) < 4.78 is 21.2. The van der Waals surface area contributed by atoms with E-state index in [4.69, 9.17) is 24.7 Å². The van der Waals surface area contributed by atoms with E-state index in [1.54, 1.807) is 6.07 Å². The van der Waals surface area contributed by atoms with Crippen LogP contribution in [0.2, 0.25) is 0 Å². The molecule has 2 amide bonds. The van der Waals surface area contributed by atoms with Crippen molar-refractivity contribution in [3.8, 4) is 0 Å². The summed E-state index contributed by atoms with van der Waals surface area (Å²) >= 11 is 6.44. The third-order valence-corrected chi connectivity index (χ3v) is 5.32. The molecule has 0 fully saturated rings. The minimum absolute atomic E-state index is 0.0280. The van der Waals surface area contributed by atoms with Crippen LogP contribution in [0.3, 0.4) is 0 Å². The molecule has 1 aromatic carbocycles. The molecule has 3 atom stereocenters. The maximum atomic E-state index is 13.1. The Kier molecular flexibility index (Phi) is 12.4. The van der Waals surface area contributed by atoms with Crippen molar-refractivity contribution in [2.24, 2.45) is 5.10 Å². The molecule has 37 heavy (non-hydrogen) atoms. The Hall–Kier alpha value is -3.33. The molecule has 15 heteroatoms. The van der Waals surface area contributed by atoms with Gasteiger partial charge in [-0.05, 0) is 28.1 Å². The van der Waals surface area contributed by atoms with Gasteiger partial charge >= 0.3 is 23.9 Å². The van der Waals surface area contributed by atoms with Crippen LogP contribution in [0.5, 0.6) is 0 Å². The molecule has 1 rings (SSSR count). The van der Waals surface area contributed by atoms with Gasteiger partial charge in [-0.25, -0.2) is 0 Å². The van der Waals surface area contributed by atoms with E-state index in [2.05, 4.69) is 37.0 Å². The topological polar surface area (TPSA) is 181 Å². The molecule has 0 heterocycles. The molecule has 0 bridgehead atoms. The van der Waals surface area contributed by atoms with E-state index in [9.17, 15) is 28.8 Å². The third kappa shape index (κ3) is 10.3. The van der Waals surface area contributed by atoms with Gasteiger partial charge in [-0.2, -0.15) is 10.1 Å². The molecule has 0 aromatic heterocycles. The van der Waals surface area contributed by atoms with Gasteiger partial charge in [0.15, 0.2) is 18.3 Å². The first kappa shape index (κ1) is 31.7. The Morgan fingerprint density at radius 1 is 0.919 bits per heavy atom. The number of esters is 4. The van der Waals surface area contributed by atoms with E-state index < -0.39 is 60.6 Å². The van der Waals surface area contributed by atoms with E-state index in [1.165, 1.54) is 6.07 Å². The predicted octanol–water partition coefficient (Wildman–Crippen LogP) is 2.13. The lowest BCUT2D eigenvalue weighted by Gasteiger charge is -2.30. The lowest BCUT2D eigenvalue weighted by atomic mass is 10.1. The Morgan fingerprint density at radius 2 is 1.49 bits per heavy atom. The summed E-state index contributed by atoms with van der Waals surface area (Å²) in [6.45, 7) is 4.69. The van der Waals surface area contributed by atoms with Crippen molar-refractivity contribution in [2.45, 2.75) is 52.9 Å². The van der Waals surface area contributed by atoms with Gasteiger partial charge < -0.3 is 24.7 Å². The van der Waals surface area contributed by atoms with Gasteiger partial charge in [-0.1, -0.05) is 15.9 Å². The van der Waals surface area contributed by atoms with Crippen LogP contribution in [0, 0.1) is 0 Å². The van der Waals surface area contributed by atoms with E-state index in [0.29, 0.717) is 14.0 Å². The fourth-order valence-corrected chi connectivity index (χ4v) is 4.04. The highest BCUT2D eigenvalue weighted by atomic mass is 79.9. The smallest absolute Gasteiger partial charge is 0.303 e. The monoisotopic (exact) mass is 649 g/mol. The summed E-state index contributed by atoms with van der Waals surface area (Å²) in [4.78, 5) is 72.0. The largest absolute Gasteiger partial charge is 0.462 e. The van der Waals surface area contributed by atoms with Crippen LogP contribution >= 0.6 is 31.9 Å². The lowest BCUT2D eigenvalue weighted by Crippen LogP contribution is -2.48. The standard InChI is InChI=1S/C22H25Br2N3O10/c1-10(28)27(22(33)16-6-15(23)7-17(24)20(16)25)26-8-18(35-12(3)30)21(37-14(5)32)19(36-13(4)31)9-34-11(2)29/h6-8,18-19,21H,9,25H2,1-5H3/b26-8+/t18-,19+,21+/m0/s1. The van der Waals surface area contributed by atoms with E-state index in [0.717, 1.165) is 40.8 Å². The number of hydrazone groups is 1. The number of nitrogen functional groups attached to an aromatic ring is 1. The van der Waals surface area contributed by atoms with Crippen molar-refractivity contribution < 1.29 is 47.7 Å². The zero-order valence-electron chi connectivity index (χ0n) is 20.5. The van der Waals surface area contributed by atoms with E-state index in [1.807, 2.05) is 0 Å². The number of anilines is 1. The van der Waals surface area contributed by atoms with Crippen molar-refractivity contribution >= 4 is 79.5 Å². The molecule has 0 radical (unpaired) electrons. The molecule has 0 saturated heterocycles. The highest BCUT2D eigenvalue weighted by Gasteiger charge is 2.37. The maximum absolute atomic E-state index is 13.1. The second kappa shape index (κ2) is 14.4. The van der Waals surface area contributed by atoms with Crippen LogP contribution < -0.4 is 5.73 Å². The molecular formula is C22H25Br2N3O10. The molecule has 0 aliphatic heterocycles. The van der Waals surface area contributed by atoms with Crippen molar-refractivity contribution in [1.82, 2.24) is 5.01 Å². The fourth-order valence-electron chi connectivity index (χ4n) is 2.81. The number of halogens is 2. The van der Waals surface area contributed by atoms with Gasteiger partial charge in [0.2, 0.25) is 5.91 Å². The number of carbonyl (C=O) groups is 6. The average Bonchev–Trinajstić information content (AvgIpc) is 2.75. The molecule has 0 aliphatic carbocycles. The van der Waals surface area contributed by atoms with Crippen molar-refractivity contribution in [2.75, 3.05) is 12.3 Å². The van der Waals surface area contributed by atoms with E-state index >= 15 is 0 Å². The summed E-state index contributed by atoms with van der Waals surface area (Å²) in [5.41, 5.74) is 5.91. The number of amides is 2. The normalized spacial score (nSPS) is 13.2. The third-order valence-electron chi connectivity index (χ3n) is 4.21. The average molecular weight is 651 g/mol. The minimum atomic E-state index is -1.59. The number of ether oxygens (including phenoxy) is 4. The van der Waals surface area contributed by atoms with Gasteiger partial charge in [0.05, 0.1) is 17.5 Å². The van der Waals surface area contributed by atoms with Gasteiger partial charge in [-0.15, -0.1) is 0 Å².